The molecule has 64 valence electrons. The third kappa shape index (κ3) is 1.41. The van der Waals surface area contributed by atoms with Gasteiger partial charge in [-0.3, -0.25) is 0 Å². The molecule has 1 aromatic rings. The molecular formula is C11H10NO+. The summed E-state index contributed by atoms with van der Waals surface area (Å²) in [5.41, 5.74) is 3.91. The number of allylic oxidation sites excluding steroid dienone is 1. The van der Waals surface area contributed by atoms with Gasteiger partial charge in [0.2, 0.25) is 10.8 Å². The van der Waals surface area contributed by atoms with Crippen LogP contribution in [0.15, 0.2) is 23.8 Å². The summed E-state index contributed by atoms with van der Waals surface area (Å²) in [5.74, 6) is 0.698. The standard InChI is InChI=1S/C11H10NO/c1-8-5-9-3-4-11(13-12-2)7-10(9)6-8/h2-5,7H,6H2,1H3/q+1. The van der Waals surface area contributed by atoms with E-state index in [-0.39, 0.29) is 0 Å². The van der Waals surface area contributed by atoms with Gasteiger partial charge in [-0.1, -0.05) is 17.7 Å². The fourth-order valence-corrected chi connectivity index (χ4v) is 1.61. The first-order valence-electron chi connectivity index (χ1n) is 4.17. The molecule has 0 spiro atoms. The second-order valence-electron chi connectivity index (χ2n) is 3.22. The molecule has 0 aliphatic heterocycles. The third-order valence-electron chi connectivity index (χ3n) is 2.14. The van der Waals surface area contributed by atoms with E-state index in [1.165, 1.54) is 16.7 Å². The van der Waals surface area contributed by atoms with Gasteiger partial charge in [-0.25, -0.2) is 0 Å². The van der Waals surface area contributed by atoms with Crippen LogP contribution < -0.4 is 4.84 Å². The van der Waals surface area contributed by atoms with Crippen LogP contribution in [0.25, 0.3) is 11.1 Å². The van der Waals surface area contributed by atoms with Crippen molar-refractivity contribution >= 4 is 6.08 Å². The SMILES string of the molecule is C#[N+]Oc1ccc2c(c1)CC(C)=C2. The average Bonchev–Trinajstić information content (AvgIpc) is 2.44. The first kappa shape index (κ1) is 7.88. The summed E-state index contributed by atoms with van der Waals surface area (Å²) < 4.78 is 0. The predicted octanol–water partition coefficient (Wildman–Crippen LogP) is 2.90. The highest BCUT2D eigenvalue weighted by atomic mass is 16.6. The minimum absolute atomic E-state index is 0.698. The molecule has 0 bridgehead atoms. The normalized spacial score (nSPS) is 13.1. The number of fused-ring (bicyclic) bond motifs is 1. The van der Waals surface area contributed by atoms with Crippen LogP contribution in [0.1, 0.15) is 18.1 Å². The summed E-state index contributed by atoms with van der Waals surface area (Å²) in [4.78, 5) is 4.85. The summed E-state index contributed by atoms with van der Waals surface area (Å²) in [5, 5.41) is 3.13. The number of benzene rings is 1. The Morgan fingerprint density at radius 3 is 3.08 bits per heavy atom. The molecule has 13 heavy (non-hydrogen) atoms. The molecule has 0 saturated carbocycles. The Morgan fingerprint density at radius 2 is 2.31 bits per heavy atom. The van der Waals surface area contributed by atoms with Gasteiger partial charge < -0.3 is 0 Å². The highest BCUT2D eigenvalue weighted by molar-refractivity contribution is 5.64. The van der Waals surface area contributed by atoms with Gasteiger partial charge in [-0.05, 0) is 36.6 Å². The lowest BCUT2D eigenvalue weighted by molar-refractivity contribution is 0.474. The molecule has 2 rings (SSSR count). The molecule has 0 amide bonds. The van der Waals surface area contributed by atoms with Gasteiger partial charge in [0, 0.05) is 0 Å². The van der Waals surface area contributed by atoms with Crippen molar-refractivity contribution in [2.75, 3.05) is 0 Å². The summed E-state index contributed by atoms with van der Waals surface area (Å²) >= 11 is 0. The number of rotatable bonds is 1. The zero-order chi connectivity index (χ0) is 9.26. The van der Waals surface area contributed by atoms with E-state index in [0.717, 1.165) is 6.42 Å². The van der Waals surface area contributed by atoms with Gasteiger partial charge >= 0.3 is 6.57 Å². The highest BCUT2D eigenvalue weighted by Crippen LogP contribution is 2.28. The maximum atomic E-state index is 4.92. The summed E-state index contributed by atoms with van der Waals surface area (Å²) in [6, 6.07) is 5.86. The fourth-order valence-electron chi connectivity index (χ4n) is 1.61. The van der Waals surface area contributed by atoms with Gasteiger partial charge in [-0.15, -0.1) is 4.84 Å². The largest absolute Gasteiger partial charge is 0.336 e. The average molecular weight is 172 g/mol. The second-order valence-corrected chi connectivity index (χ2v) is 3.22. The van der Waals surface area contributed by atoms with E-state index in [4.69, 9.17) is 11.4 Å². The molecule has 1 aliphatic carbocycles. The molecular weight excluding hydrogens is 162 g/mol. The summed E-state index contributed by atoms with van der Waals surface area (Å²) in [7, 11) is 0. The maximum Gasteiger partial charge on any atom is 0.336 e. The minimum atomic E-state index is 0.698. The number of hydrogen-bond donors (Lipinski definition) is 0. The van der Waals surface area contributed by atoms with Crippen LogP contribution >= 0.6 is 0 Å². The zero-order valence-electron chi connectivity index (χ0n) is 7.45. The van der Waals surface area contributed by atoms with Gasteiger partial charge in [0.05, 0.1) is 0 Å². The van der Waals surface area contributed by atoms with Crippen LogP contribution in [0, 0.1) is 6.57 Å². The van der Waals surface area contributed by atoms with E-state index in [0.29, 0.717) is 5.75 Å². The third-order valence-corrected chi connectivity index (χ3v) is 2.14. The molecule has 0 radical (unpaired) electrons. The monoisotopic (exact) mass is 172 g/mol. The summed E-state index contributed by atoms with van der Waals surface area (Å²) in [6.45, 7) is 7.04. The highest BCUT2D eigenvalue weighted by Gasteiger charge is 2.11. The van der Waals surface area contributed by atoms with Gasteiger partial charge in [-0.2, -0.15) is 0 Å². The lowest BCUT2D eigenvalue weighted by atomic mass is 10.1. The lowest BCUT2D eigenvalue weighted by Crippen LogP contribution is -1.85. The Kier molecular flexibility index (Phi) is 1.79. The van der Waals surface area contributed by atoms with Crippen LogP contribution in [0.4, 0.5) is 0 Å². The first-order valence-corrected chi connectivity index (χ1v) is 4.17. The predicted molar refractivity (Wildman–Crippen MR) is 52.7 cm³/mol. The van der Waals surface area contributed by atoms with Crippen LogP contribution in [0.3, 0.4) is 0 Å². The van der Waals surface area contributed by atoms with E-state index in [9.17, 15) is 0 Å². The molecule has 2 heteroatoms. The Hall–Kier alpha value is -1.75. The molecule has 0 fully saturated rings. The number of hydrogen-bond acceptors (Lipinski definition) is 1. The van der Waals surface area contributed by atoms with Crippen molar-refractivity contribution in [3.63, 3.8) is 0 Å². The van der Waals surface area contributed by atoms with E-state index in [2.05, 4.69) is 18.0 Å². The molecule has 1 aliphatic rings. The molecule has 0 aromatic heterocycles. The zero-order valence-corrected chi connectivity index (χ0v) is 7.45. The molecule has 1 aromatic carbocycles. The van der Waals surface area contributed by atoms with Crippen molar-refractivity contribution in [1.82, 2.24) is 0 Å². The van der Waals surface area contributed by atoms with E-state index in [1.807, 2.05) is 18.2 Å². The van der Waals surface area contributed by atoms with Crippen molar-refractivity contribution in [2.45, 2.75) is 13.3 Å². The van der Waals surface area contributed by atoms with Crippen LogP contribution in [0.5, 0.6) is 5.75 Å². The van der Waals surface area contributed by atoms with Gasteiger partial charge in [0.25, 0.3) is 0 Å². The van der Waals surface area contributed by atoms with E-state index in [1.54, 1.807) is 0 Å². The number of nitrogens with zero attached hydrogens (tertiary/aromatic N) is 1. The molecule has 0 atom stereocenters. The van der Waals surface area contributed by atoms with Crippen LogP contribution in [-0.4, -0.2) is 0 Å². The minimum Gasteiger partial charge on any atom is -0.122 e. The van der Waals surface area contributed by atoms with E-state index >= 15 is 0 Å². The molecule has 2 nitrogen and oxygen atoms in total. The van der Waals surface area contributed by atoms with Crippen molar-refractivity contribution in [2.24, 2.45) is 0 Å². The molecule has 0 unspecified atom stereocenters. The van der Waals surface area contributed by atoms with Gasteiger partial charge in [0.15, 0.2) is 0 Å². The van der Waals surface area contributed by atoms with Crippen molar-refractivity contribution in [3.8, 4) is 12.3 Å². The van der Waals surface area contributed by atoms with Crippen LogP contribution in [-0.2, 0) is 6.42 Å². The second kappa shape index (κ2) is 2.95. The summed E-state index contributed by atoms with van der Waals surface area (Å²) in [6.07, 6.45) is 3.18. The quantitative estimate of drug-likeness (QED) is 0.594. The molecule has 0 N–H and O–H groups in total. The first-order chi connectivity index (χ1) is 6.29. The maximum absolute atomic E-state index is 4.92. The fraction of sp³-hybridized carbons (Fsp3) is 0.182. The topological polar surface area (TPSA) is 13.6 Å². The molecule has 0 saturated heterocycles. The van der Waals surface area contributed by atoms with Crippen molar-refractivity contribution < 1.29 is 4.84 Å². The van der Waals surface area contributed by atoms with Crippen molar-refractivity contribution in [1.29, 1.82) is 0 Å². The Morgan fingerprint density at radius 1 is 1.46 bits per heavy atom. The Labute approximate surface area is 77.2 Å². The molecule has 0 heterocycles. The van der Waals surface area contributed by atoms with E-state index < -0.39 is 0 Å². The Bertz CT molecular complexity index is 413. The Balaban J connectivity index is 2.35. The van der Waals surface area contributed by atoms with Gasteiger partial charge in [0.1, 0.15) is 0 Å². The van der Waals surface area contributed by atoms with Crippen LogP contribution in [0.2, 0.25) is 0 Å². The lowest BCUT2D eigenvalue weighted by Gasteiger charge is -1.96. The smallest absolute Gasteiger partial charge is 0.122 e. The van der Waals surface area contributed by atoms with Crippen molar-refractivity contribution in [3.05, 3.63) is 39.9 Å².